The Morgan fingerprint density at radius 1 is 1.50 bits per heavy atom. The largest absolute Gasteiger partial charge is 0.480 e. The van der Waals surface area contributed by atoms with Gasteiger partial charge in [-0.25, -0.2) is 18.4 Å². The number of halogens is 2. The van der Waals surface area contributed by atoms with Gasteiger partial charge in [0.2, 0.25) is 0 Å². The fraction of sp³-hybridized carbons (Fsp3) is 0.750. The number of hydrogen-bond acceptors (Lipinski definition) is 3. The third-order valence-electron chi connectivity index (χ3n) is 1.69. The van der Waals surface area contributed by atoms with Crippen molar-refractivity contribution in [2.75, 3.05) is 27.3 Å². The highest BCUT2D eigenvalue weighted by Crippen LogP contribution is 1.97. The van der Waals surface area contributed by atoms with Crippen LogP contribution in [0.2, 0.25) is 0 Å². The van der Waals surface area contributed by atoms with Gasteiger partial charge in [-0.05, 0) is 0 Å². The fourth-order valence-corrected chi connectivity index (χ4v) is 0.891. The Kier molecular flexibility index (Phi) is 6.31. The average molecular weight is 240 g/mol. The second kappa shape index (κ2) is 6.94. The molecule has 0 radical (unpaired) electrons. The molecule has 0 fully saturated rings. The van der Waals surface area contributed by atoms with Gasteiger partial charge in [0.1, 0.15) is 0 Å². The predicted molar refractivity (Wildman–Crippen MR) is 50.5 cm³/mol. The Balaban J connectivity index is 4.23. The number of rotatable bonds is 6. The Bertz CT molecular complexity index is 250. The lowest BCUT2D eigenvalue weighted by atomic mass is 10.3. The second-order valence-corrected chi connectivity index (χ2v) is 3.07. The van der Waals surface area contributed by atoms with Crippen LogP contribution in [0.25, 0.3) is 0 Å². The molecule has 0 spiro atoms. The van der Waals surface area contributed by atoms with Crippen molar-refractivity contribution in [1.29, 1.82) is 0 Å². The topological polar surface area (TPSA) is 78.9 Å². The monoisotopic (exact) mass is 240 g/mol. The summed E-state index contributed by atoms with van der Waals surface area (Å²) in [6.45, 7) is -0.991. The van der Waals surface area contributed by atoms with Gasteiger partial charge in [0.05, 0.1) is 13.2 Å². The van der Waals surface area contributed by atoms with Gasteiger partial charge in [0, 0.05) is 14.2 Å². The second-order valence-electron chi connectivity index (χ2n) is 3.07. The van der Waals surface area contributed by atoms with Crippen LogP contribution in [0.3, 0.4) is 0 Å². The summed E-state index contributed by atoms with van der Waals surface area (Å²) >= 11 is 0. The van der Waals surface area contributed by atoms with Crippen molar-refractivity contribution in [3.8, 4) is 0 Å². The molecule has 0 aromatic rings. The third kappa shape index (κ3) is 5.44. The number of urea groups is 1. The van der Waals surface area contributed by atoms with Gasteiger partial charge in [0.25, 0.3) is 6.43 Å². The normalized spacial score (nSPS) is 12.3. The molecule has 6 nitrogen and oxygen atoms in total. The molecular formula is C8H14F2N2O4. The lowest BCUT2D eigenvalue weighted by molar-refractivity contribution is -0.140. The van der Waals surface area contributed by atoms with Crippen LogP contribution in [0.1, 0.15) is 0 Å². The molecule has 0 saturated heterocycles. The van der Waals surface area contributed by atoms with Crippen molar-refractivity contribution in [3.63, 3.8) is 0 Å². The number of aliphatic carboxylic acids is 1. The summed E-state index contributed by atoms with van der Waals surface area (Å²) in [5.74, 6) is -1.29. The molecule has 0 heterocycles. The molecule has 2 N–H and O–H groups in total. The lowest BCUT2D eigenvalue weighted by Crippen LogP contribution is -2.49. The minimum atomic E-state index is -2.67. The van der Waals surface area contributed by atoms with Crippen molar-refractivity contribution in [2.24, 2.45) is 0 Å². The van der Waals surface area contributed by atoms with E-state index >= 15 is 0 Å². The summed E-state index contributed by atoms with van der Waals surface area (Å²) in [7, 11) is 2.41. The number of carbonyl (C=O) groups is 2. The van der Waals surface area contributed by atoms with E-state index in [1.54, 1.807) is 0 Å². The van der Waals surface area contributed by atoms with Crippen LogP contribution in [-0.4, -0.2) is 61.8 Å². The third-order valence-corrected chi connectivity index (χ3v) is 1.69. The summed E-state index contributed by atoms with van der Waals surface area (Å²) in [5.41, 5.74) is 0. The van der Waals surface area contributed by atoms with Crippen molar-refractivity contribution >= 4 is 12.0 Å². The first kappa shape index (κ1) is 14.6. The average Bonchev–Trinajstić information content (AvgIpc) is 2.15. The van der Waals surface area contributed by atoms with Crippen LogP contribution in [-0.2, 0) is 9.53 Å². The molecule has 0 aliphatic carbocycles. The maximum Gasteiger partial charge on any atom is 0.328 e. The number of methoxy groups -OCH3 is 1. The van der Waals surface area contributed by atoms with Crippen molar-refractivity contribution in [2.45, 2.75) is 12.5 Å². The quantitative estimate of drug-likeness (QED) is 0.684. The van der Waals surface area contributed by atoms with Crippen molar-refractivity contribution in [1.82, 2.24) is 10.2 Å². The molecule has 16 heavy (non-hydrogen) atoms. The molecule has 0 rings (SSSR count). The lowest BCUT2D eigenvalue weighted by Gasteiger charge is -2.20. The van der Waals surface area contributed by atoms with Crippen molar-refractivity contribution < 1.29 is 28.2 Å². The van der Waals surface area contributed by atoms with E-state index in [2.05, 4.69) is 10.1 Å². The van der Waals surface area contributed by atoms with E-state index in [1.165, 1.54) is 7.11 Å². The summed E-state index contributed by atoms with van der Waals surface area (Å²) in [5, 5.41) is 10.7. The molecule has 2 amide bonds. The standard InChI is InChI=1S/C8H14F2N2O4/c1-12(3-6(9)10)8(15)11-5(4-16-2)7(13)14/h5-6H,3-4H2,1-2H3,(H,11,15)(H,13,14). The number of amides is 2. The van der Waals surface area contributed by atoms with Crippen LogP contribution in [0, 0.1) is 0 Å². The van der Waals surface area contributed by atoms with Crippen LogP contribution >= 0.6 is 0 Å². The predicted octanol–water partition coefficient (Wildman–Crippen LogP) is -0.00750. The zero-order valence-electron chi connectivity index (χ0n) is 8.94. The number of nitrogens with one attached hydrogen (secondary N) is 1. The summed E-state index contributed by atoms with van der Waals surface area (Å²) in [6, 6.07) is -2.14. The zero-order chi connectivity index (χ0) is 12.7. The minimum Gasteiger partial charge on any atom is -0.480 e. The molecule has 0 aromatic heterocycles. The molecule has 1 unspecified atom stereocenters. The molecule has 0 aromatic carbocycles. The molecule has 94 valence electrons. The maximum atomic E-state index is 11.9. The molecule has 0 aliphatic heterocycles. The number of carboxylic acid groups (broad SMARTS) is 1. The number of nitrogens with zero attached hydrogens (tertiary/aromatic N) is 1. The SMILES string of the molecule is COCC(NC(=O)N(C)CC(F)F)C(=O)O. The van der Waals surface area contributed by atoms with Gasteiger partial charge in [-0.2, -0.15) is 0 Å². The minimum absolute atomic E-state index is 0.233. The molecule has 1 atom stereocenters. The highest BCUT2D eigenvalue weighted by Gasteiger charge is 2.22. The van der Waals surface area contributed by atoms with Crippen LogP contribution in [0.15, 0.2) is 0 Å². The van der Waals surface area contributed by atoms with Gasteiger partial charge in [-0.15, -0.1) is 0 Å². The summed E-state index contributed by atoms with van der Waals surface area (Å²) in [6.07, 6.45) is -2.67. The molecule has 0 aliphatic rings. The number of carbonyl (C=O) groups excluding carboxylic acids is 1. The van der Waals surface area contributed by atoms with Gasteiger partial charge < -0.3 is 20.1 Å². The molecule has 8 heteroatoms. The number of hydrogen-bond donors (Lipinski definition) is 2. The Labute approximate surface area is 91.2 Å². The molecular weight excluding hydrogens is 226 g/mol. The van der Waals surface area contributed by atoms with Crippen LogP contribution < -0.4 is 5.32 Å². The number of alkyl halides is 2. The van der Waals surface area contributed by atoms with E-state index in [-0.39, 0.29) is 6.61 Å². The number of carboxylic acids is 1. The first-order valence-corrected chi connectivity index (χ1v) is 4.40. The number of ether oxygens (including phenoxy) is 1. The summed E-state index contributed by atoms with van der Waals surface area (Å²) in [4.78, 5) is 22.5. The van der Waals surface area contributed by atoms with E-state index in [0.29, 0.717) is 4.90 Å². The van der Waals surface area contributed by atoms with Crippen LogP contribution in [0.5, 0.6) is 0 Å². The molecule has 0 saturated carbocycles. The highest BCUT2D eigenvalue weighted by atomic mass is 19.3. The Morgan fingerprint density at radius 2 is 2.06 bits per heavy atom. The van der Waals surface area contributed by atoms with Gasteiger partial charge in [-0.3, -0.25) is 0 Å². The Hall–Kier alpha value is -1.44. The highest BCUT2D eigenvalue weighted by molar-refractivity contribution is 5.82. The first-order chi connectivity index (χ1) is 7.38. The fourth-order valence-electron chi connectivity index (χ4n) is 0.891. The van der Waals surface area contributed by atoms with E-state index < -0.39 is 31.0 Å². The summed E-state index contributed by atoms with van der Waals surface area (Å²) < 4.78 is 28.4. The van der Waals surface area contributed by atoms with Crippen LogP contribution in [0.4, 0.5) is 13.6 Å². The van der Waals surface area contributed by atoms with Gasteiger partial charge >= 0.3 is 12.0 Å². The van der Waals surface area contributed by atoms with Crippen molar-refractivity contribution in [3.05, 3.63) is 0 Å². The molecule has 0 bridgehead atoms. The van der Waals surface area contributed by atoms with E-state index in [4.69, 9.17) is 5.11 Å². The zero-order valence-corrected chi connectivity index (χ0v) is 8.94. The van der Waals surface area contributed by atoms with Gasteiger partial charge in [-0.1, -0.05) is 0 Å². The van der Waals surface area contributed by atoms with E-state index in [9.17, 15) is 18.4 Å². The van der Waals surface area contributed by atoms with Gasteiger partial charge in [0.15, 0.2) is 6.04 Å². The first-order valence-electron chi connectivity index (χ1n) is 4.40. The smallest absolute Gasteiger partial charge is 0.328 e. The van der Waals surface area contributed by atoms with E-state index in [0.717, 1.165) is 7.05 Å². The van der Waals surface area contributed by atoms with E-state index in [1.807, 2.05) is 0 Å². The maximum absolute atomic E-state index is 11.9. The Morgan fingerprint density at radius 3 is 2.44 bits per heavy atom.